The molecule has 2 saturated carbocycles. The van der Waals surface area contributed by atoms with Gasteiger partial charge in [0.2, 0.25) is 0 Å². The summed E-state index contributed by atoms with van der Waals surface area (Å²) in [6.45, 7) is 0. The normalized spacial score (nSPS) is 18.5. The second-order valence-electron chi connectivity index (χ2n) is 4.55. The van der Waals surface area contributed by atoms with Crippen LogP contribution in [0.15, 0.2) is 31.8 Å². The number of rotatable bonds is 2. The fraction of sp³-hybridized carbons (Fsp3) is 0. The van der Waals surface area contributed by atoms with Crippen molar-refractivity contribution in [2.24, 2.45) is 0 Å². The first-order chi connectivity index (χ1) is 10.7. The first kappa shape index (κ1) is 20.2. The first-order valence-corrected chi connectivity index (χ1v) is 9.89. The number of halogens is 2. The van der Waals surface area contributed by atoms with Crippen LogP contribution in [0.25, 0.3) is 0 Å². The maximum atomic E-state index is 3.44. The Morgan fingerprint density at radius 1 is 0.565 bits per heavy atom. The van der Waals surface area contributed by atoms with Gasteiger partial charge in [-0.1, -0.05) is 0 Å². The average molecular weight is 508 g/mol. The number of hydrogen-bond acceptors (Lipinski definition) is 2. The zero-order chi connectivity index (χ0) is 15.4. The van der Waals surface area contributed by atoms with Gasteiger partial charge in [0.05, 0.1) is 7.57 Å². The molecule has 10 radical (unpaired) electrons. The van der Waals surface area contributed by atoms with Crippen LogP contribution in [0.1, 0.15) is 9.75 Å². The predicted molar refractivity (Wildman–Crippen MR) is 103 cm³/mol. The Balaban J connectivity index is 0.000000160. The number of hydrogen-bond donors (Lipinski definition) is 0. The Kier molecular flexibility index (Phi) is 8.90. The third-order valence-electron chi connectivity index (χ3n) is 3.04. The standard InChI is InChI=1S/2C9H6BrS.Fe/c2*10-9-6-5-8(11-9)7-3-1-2-4-7;/h2*1-6H;/q;;+2. The summed E-state index contributed by atoms with van der Waals surface area (Å²) in [5, 5.41) is 0. The van der Waals surface area contributed by atoms with Gasteiger partial charge >= 0.3 is 17.1 Å². The van der Waals surface area contributed by atoms with Crippen molar-refractivity contribution in [1.29, 1.82) is 0 Å². The Morgan fingerprint density at radius 3 is 1.17 bits per heavy atom. The van der Waals surface area contributed by atoms with Gasteiger partial charge in [-0.2, -0.15) is 0 Å². The molecule has 0 saturated heterocycles. The topological polar surface area (TPSA) is 0 Å². The van der Waals surface area contributed by atoms with Crippen LogP contribution in [-0.2, 0) is 17.1 Å². The van der Waals surface area contributed by atoms with E-state index < -0.39 is 0 Å². The van der Waals surface area contributed by atoms with E-state index in [-0.39, 0.29) is 17.1 Å². The van der Waals surface area contributed by atoms with Gasteiger partial charge < -0.3 is 0 Å². The van der Waals surface area contributed by atoms with E-state index in [1.807, 2.05) is 0 Å². The van der Waals surface area contributed by atoms with Crippen LogP contribution in [0.3, 0.4) is 0 Å². The van der Waals surface area contributed by atoms with Crippen molar-refractivity contribution in [3.8, 4) is 0 Å². The quantitative estimate of drug-likeness (QED) is 0.406. The van der Waals surface area contributed by atoms with E-state index >= 15 is 0 Å². The molecule has 5 heteroatoms. The molecule has 2 aromatic rings. The van der Waals surface area contributed by atoms with Crippen molar-refractivity contribution in [2.45, 2.75) is 0 Å². The van der Waals surface area contributed by atoms with Crippen LogP contribution < -0.4 is 0 Å². The molecule has 2 aliphatic carbocycles. The molecule has 0 bridgehead atoms. The van der Waals surface area contributed by atoms with Gasteiger partial charge in [0, 0.05) is 21.6 Å². The first-order valence-electron chi connectivity index (χ1n) is 6.67. The van der Waals surface area contributed by atoms with Crippen molar-refractivity contribution in [3.63, 3.8) is 0 Å². The smallest absolute Gasteiger partial charge is 0.133 e. The summed E-state index contributed by atoms with van der Waals surface area (Å²) >= 11 is 10.4. The van der Waals surface area contributed by atoms with Crippen molar-refractivity contribution >= 4 is 54.5 Å². The fourth-order valence-corrected chi connectivity index (χ4v) is 4.80. The van der Waals surface area contributed by atoms with Crippen molar-refractivity contribution < 1.29 is 17.1 Å². The molecule has 0 amide bonds. The van der Waals surface area contributed by atoms with Gasteiger partial charge in [0.25, 0.3) is 0 Å². The molecule has 0 nitrogen and oxygen atoms in total. The molecule has 0 N–H and O–H groups in total. The Labute approximate surface area is 175 Å². The molecule has 2 fully saturated rings. The molecule has 23 heavy (non-hydrogen) atoms. The van der Waals surface area contributed by atoms with Crippen LogP contribution in [0.5, 0.6) is 0 Å². The fourth-order valence-electron chi connectivity index (χ4n) is 2.02. The zero-order valence-electron chi connectivity index (χ0n) is 11.9. The summed E-state index contributed by atoms with van der Waals surface area (Å²) in [5.41, 5.74) is 0. The van der Waals surface area contributed by atoms with E-state index in [0.29, 0.717) is 0 Å². The van der Waals surface area contributed by atoms with Gasteiger partial charge in [-0.15, -0.1) is 22.7 Å². The molecule has 0 spiro atoms. The van der Waals surface area contributed by atoms with Crippen LogP contribution in [0.2, 0.25) is 0 Å². The molecule has 116 valence electrons. The average Bonchev–Trinajstić information content (AvgIpc) is 3.28. The van der Waals surface area contributed by atoms with Gasteiger partial charge in [-0.25, -0.2) is 0 Å². The van der Waals surface area contributed by atoms with Gasteiger partial charge in [-0.3, -0.25) is 0 Å². The molecular weight excluding hydrogens is 496 g/mol. The maximum absolute atomic E-state index is 3.44. The third kappa shape index (κ3) is 5.97. The Hall–Kier alpha value is 0.879. The molecular formula is C18H12Br2FeS2+2. The molecule has 0 aromatic carbocycles. The van der Waals surface area contributed by atoms with Crippen molar-refractivity contribution in [3.05, 3.63) is 105 Å². The predicted octanol–water partition coefficient (Wildman–Crippen LogP) is 6.53. The largest absolute Gasteiger partial charge is 2.00 e. The van der Waals surface area contributed by atoms with E-state index in [1.165, 1.54) is 29.2 Å². The zero-order valence-corrected chi connectivity index (χ0v) is 17.8. The van der Waals surface area contributed by atoms with E-state index in [1.54, 1.807) is 22.7 Å². The minimum atomic E-state index is 0. The van der Waals surface area contributed by atoms with E-state index in [2.05, 4.69) is 107 Å². The maximum Gasteiger partial charge on any atom is 2.00 e. The summed E-state index contributed by atoms with van der Waals surface area (Å²) in [6, 6.07) is 8.41. The molecule has 0 atom stereocenters. The summed E-state index contributed by atoms with van der Waals surface area (Å²) in [5.74, 6) is 2.61. The summed E-state index contributed by atoms with van der Waals surface area (Å²) in [4.78, 5) is 2.64. The van der Waals surface area contributed by atoms with Gasteiger partial charge in [0.1, 0.15) is 0 Å². The third-order valence-corrected chi connectivity index (χ3v) is 6.39. The van der Waals surface area contributed by atoms with E-state index in [0.717, 1.165) is 0 Å². The van der Waals surface area contributed by atoms with Crippen LogP contribution in [-0.4, -0.2) is 0 Å². The Bertz CT molecular complexity index is 529. The summed E-state index contributed by atoms with van der Waals surface area (Å²) < 4.78 is 2.38. The van der Waals surface area contributed by atoms with Crippen molar-refractivity contribution in [1.82, 2.24) is 0 Å². The molecule has 2 heterocycles. The van der Waals surface area contributed by atoms with Gasteiger partial charge in [0.15, 0.2) is 0 Å². The minimum absolute atomic E-state index is 0. The number of thiophene rings is 2. The summed E-state index contributed by atoms with van der Waals surface area (Å²) in [6.07, 6.45) is 16.7. The van der Waals surface area contributed by atoms with E-state index in [4.69, 9.17) is 0 Å². The SMILES string of the molecule is Brc1ccc([C]2[CH][CH][CH][CH]2)s1.Brc1ccc([C]2[CH][CH][CH][CH]2)s1.[Fe+2]. The second-order valence-corrected chi connectivity index (χ2v) is 9.48. The van der Waals surface area contributed by atoms with Crippen LogP contribution >= 0.6 is 54.5 Å². The van der Waals surface area contributed by atoms with Crippen LogP contribution in [0.4, 0.5) is 0 Å². The monoisotopic (exact) mass is 506 g/mol. The molecule has 0 aliphatic heterocycles. The molecule has 4 rings (SSSR count). The summed E-state index contributed by atoms with van der Waals surface area (Å²) in [7, 11) is 0. The van der Waals surface area contributed by atoms with Crippen LogP contribution in [0, 0.1) is 63.2 Å². The molecule has 2 aromatic heterocycles. The molecule has 0 unspecified atom stereocenters. The minimum Gasteiger partial charge on any atom is -0.133 e. The van der Waals surface area contributed by atoms with E-state index in [9.17, 15) is 0 Å². The van der Waals surface area contributed by atoms with Crippen molar-refractivity contribution in [2.75, 3.05) is 0 Å². The second kappa shape index (κ2) is 10.1. The Morgan fingerprint density at radius 2 is 0.913 bits per heavy atom. The molecule has 2 aliphatic rings. The van der Waals surface area contributed by atoms with Gasteiger partial charge in [-0.05, 0) is 107 Å².